The molecule has 0 bridgehead atoms. The van der Waals surface area contributed by atoms with Gasteiger partial charge in [0.05, 0.1) is 12.7 Å². The molecule has 1 heteroatoms. The molecule has 3 atom stereocenters. The third kappa shape index (κ3) is 2.07. The second-order valence-electron chi connectivity index (χ2n) is 6.72. The highest BCUT2D eigenvalue weighted by Crippen LogP contribution is 2.48. The Hall–Kier alpha value is -0.300. The van der Waals surface area contributed by atoms with Crippen LogP contribution in [0, 0.1) is 17.3 Å². The molecular weight excluding hydrogens is 208 g/mol. The fourth-order valence-electron chi connectivity index (χ4n) is 4.30. The number of ether oxygens (including phenoxy) is 1. The average molecular weight is 234 g/mol. The Labute approximate surface area is 106 Å². The summed E-state index contributed by atoms with van der Waals surface area (Å²) in [5.74, 6) is 1.54. The number of fused-ring (bicyclic) bond motifs is 1. The summed E-state index contributed by atoms with van der Waals surface area (Å²) in [6.07, 6.45) is 13.0. The maximum Gasteiger partial charge on any atom is 0.0582 e. The van der Waals surface area contributed by atoms with Gasteiger partial charge in [0, 0.05) is 5.92 Å². The van der Waals surface area contributed by atoms with Gasteiger partial charge in [-0.15, -0.1) is 0 Å². The first-order valence-electron chi connectivity index (χ1n) is 7.52. The fraction of sp³-hybridized carbons (Fsp3) is 0.875. The van der Waals surface area contributed by atoms with E-state index in [-0.39, 0.29) is 0 Å². The van der Waals surface area contributed by atoms with Crippen LogP contribution in [0.2, 0.25) is 0 Å². The van der Waals surface area contributed by atoms with Crippen LogP contribution in [0.5, 0.6) is 0 Å². The summed E-state index contributed by atoms with van der Waals surface area (Å²) >= 11 is 0. The first-order valence-corrected chi connectivity index (χ1v) is 7.52. The molecule has 17 heavy (non-hydrogen) atoms. The summed E-state index contributed by atoms with van der Waals surface area (Å²) in [6, 6.07) is 0. The molecule has 96 valence electrons. The Morgan fingerprint density at radius 1 is 1.24 bits per heavy atom. The Morgan fingerprint density at radius 3 is 2.76 bits per heavy atom. The minimum atomic E-state index is 0.497. The van der Waals surface area contributed by atoms with E-state index in [0.29, 0.717) is 11.5 Å². The number of hydrogen-bond acceptors (Lipinski definition) is 1. The van der Waals surface area contributed by atoms with Crippen LogP contribution < -0.4 is 0 Å². The predicted molar refractivity (Wildman–Crippen MR) is 70.9 cm³/mol. The van der Waals surface area contributed by atoms with Crippen LogP contribution in [-0.2, 0) is 4.74 Å². The highest BCUT2D eigenvalue weighted by atomic mass is 16.5. The first-order chi connectivity index (χ1) is 8.19. The SMILES string of the molecule is C[C@@H]1OC[C@H]2C=C(C3(C)CCCCC3)CC[C@H]21. The molecule has 3 rings (SSSR count). The molecule has 0 radical (unpaired) electrons. The zero-order chi connectivity index (χ0) is 11.9. The molecule has 1 heterocycles. The van der Waals surface area contributed by atoms with Crippen LogP contribution in [-0.4, -0.2) is 12.7 Å². The average Bonchev–Trinajstić information content (AvgIpc) is 2.72. The molecule has 0 aromatic heterocycles. The largest absolute Gasteiger partial charge is 0.378 e. The van der Waals surface area contributed by atoms with Gasteiger partial charge in [0.1, 0.15) is 0 Å². The summed E-state index contributed by atoms with van der Waals surface area (Å²) in [7, 11) is 0. The fourth-order valence-corrected chi connectivity index (χ4v) is 4.30. The van der Waals surface area contributed by atoms with E-state index in [0.717, 1.165) is 18.4 Å². The van der Waals surface area contributed by atoms with Crippen molar-refractivity contribution in [2.24, 2.45) is 17.3 Å². The minimum Gasteiger partial charge on any atom is -0.378 e. The van der Waals surface area contributed by atoms with Crippen molar-refractivity contribution in [2.75, 3.05) is 6.61 Å². The molecule has 0 spiro atoms. The molecule has 1 nitrogen and oxygen atoms in total. The van der Waals surface area contributed by atoms with Gasteiger partial charge in [0.15, 0.2) is 0 Å². The molecule has 1 saturated carbocycles. The van der Waals surface area contributed by atoms with E-state index in [9.17, 15) is 0 Å². The molecule has 0 unspecified atom stereocenters. The number of allylic oxidation sites excluding steroid dienone is 1. The van der Waals surface area contributed by atoms with Crippen molar-refractivity contribution in [3.8, 4) is 0 Å². The Kier molecular flexibility index (Phi) is 3.06. The standard InChI is InChI=1S/C16H26O/c1-12-15-7-6-14(10-13(15)11-17-12)16(2)8-4-3-5-9-16/h10,12-13,15H,3-9,11H2,1-2H3/t12-,13+,15-/m0/s1. The molecule has 2 aliphatic carbocycles. The van der Waals surface area contributed by atoms with Crippen molar-refractivity contribution in [1.82, 2.24) is 0 Å². The summed E-state index contributed by atoms with van der Waals surface area (Å²) in [4.78, 5) is 0. The van der Waals surface area contributed by atoms with Gasteiger partial charge in [0.2, 0.25) is 0 Å². The molecule has 2 fully saturated rings. The van der Waals surface area contributed by atoms with Crippen LogP contribution in [0.4, 0.5) is 0 Å². The van der Waals surface area contributed by atoms with Gasteiger partial charge in [0.25, 0.3) is 0 Å². The summed E-state index contributed by atoms with van der Waals surface area (Å²) in [5.41, 5.74) is 2.31. The van der Waals surface area contributed by atoms with Gasteiger partial charge in [-0.1, -0.05) is 37.8 Å². The van der Waals surface area contributed by atoms with Crippen molar-refractivity contribution < 1.29 is 4.74 Å². The maximum atomic E-state index is 5.82. The normalized spacial score (nSPS) is 40.8. The topological polar surface area (TPSA) is 9.23 Å². The van der Waals surface area contributed by atoms with Crippen LogP contribution in [0.25, 0.3) is 0 Å². The van der Waals surface area contributed by atoms with Crippen LogP contribution >= 0.6 is 0 Å². The smallest absolute Gasteiger partial charge is 0.0582 e. The minimum absolute atomic E-state index is 0.497. The van der Waals surface area contributed by atoms with Gasteiger partial charge in [-0.05, 0) is 43.9 Å². The van der Waals surface area contributed by atoms with Crippen LogP contribution in [0.15, 0.2) is 11.6 Å². The van der Waals surface area contributed by atoms with Crippen molar-refractivity contribution in [3.05, 3.63) is 11.6 Å². The van der Waals surface area contributed by atoms with Crippen LogP contribution in [0.3, 0.4) is 0 Å². The van der Waals surface area contributed by atoms with Crippen molar-refractivity contribution in [3.63, 3.8) is 0 Å². The Morgan fingerprint density at radius 2 is 2.00 bits per heavy atom. The van der Waals surface area contributed by atoms with Crippen molar-refractivity contribution in [1.29, 1.82) is 0 Å². The van der Waals surface area contributed by atoms with Gasteiger partial charge >= 0.3 is 0 Å². The highest BCUT2D eigenvalue weighted by Gasteiger charge is 2.39. The number of hydrogen-bond donors (Lipinski definition) is 0. The summed E-state index contributed by atoms with van der Waals surface area (Å²) in [6.45, 7) is 5.74. The van der Waals surface area contributed by atoms with Gasteiger partial charge in [-0.2, -0.15) is 0 Å². The monoisotopic (exact) mass is 234 g/mol. The lowest BCUT2D eigenvalue weighted by atomic mass is 9.65. The third-order valence-electron chi connectivity index (χ3n) is 5.60. The Balaban J connectivity index is 1.78. The number of rotatable bonds is 1. The van der Waals surface area contributed by atoms with E-state index in [1.54, 1.807) is 5.57 Å². The summed E-state index contributed by atoms with van der Waals surface area (Å²) in [5, 5.41) is 0. The van der Waals surface area contributed by atoms with Gasteiger partial charge < -0.3 is 4.74 Å². The zero-order valence-corrected chi connectivity index (χ0v) is 11.4. The molecule has 0 amide bonds. The molecule has 1 saturated heterocycles. The lowest BCUT2D eigenvalue weighted by Gasteiger charge is -2.39. The van der Waals surface area contributed by atoms with E-state index >= 15 is 0 Å². The van der Waals surface area contributed by atoms with Gasteiger partial charge in [-0.3, -0.25) is 0 Å². The van der Waals surface area contributed by atoms with E-state index in [1.807, 2.05) is 0 Å². The molecule has 3 aliphatic rings. The van der Waals surface area contributed by atoms with E-state index in [4.69, 9.17) is 4.74 Å². The van der Waals surface area contributed by atoms with Gasteiger partial charge in [-0.25, -0.2) is 0 Å². The van der Waals surface area contributed by atoms with E-state index in [2.05, 4.69) is 19.9 Å². The van der Waals surface area contributed by atoms with Crippen molar-refractivity contribution >= 4 is 0 Å². The lowest BCUT2D eigenvalue weighted by Crippen LogP contribution is -2.28. The second-order valence-corrected chi connectivity index (χ2v) is 6.72. The molecule has 1 aliphatic heterocycles. The molecule has 0 aromatic rings. The lowest BCUT2D eigenvalue weighted by molar-refractivity contribution is 0.103. The quantitative estimate of drug-likeness (QED) is 0.614. The maximum absolute atomic E-state index is 5.82. The molecule has 0 N–H and O–H groups in total. The molecule has 0 aromatic carbocycles. The zero-order valence-electron chi connectivity index (χ0n) is 11.4. The predicted octanol–water partition coefficient (Wildman–Crippen LogP) is 4.33. The molecular formula is C16H26O. The third-order valence-corrected chi connectivity index (χ3v) is 5.60. The Bertz CT molecular complexity index is 311. The highest BCUT2D eigenvalue weighted by molar-refractivity contribution is 5.20. The van der Waals surface area contributed by atoms with E-state index in [1.165, 1.54) is 44.9 Å². The first kappa shape index (κ1) is 11.8. The van der Waals surface area contributed by atoms with E-state index < -0.39 is 0 Å². The second kappa shape index (κ2) is 4.42. The van der Waals surface area contributed by atoms with Crippen molar-refractivity contribution in [2.45, 2.75) is 64.9 Å². The summed E-state index contributed by atoms with van der Waals surface area (Å²) < 4.78 is 5.82. The van der Waals surface area contributed by atoms with Crippen LogP contribution in [0.1, 0.15) is 58.8 Å².